The van der Waals surface area contributed by atoms with Crippen molar-refractivity contribution in [3.8, 4) is 5.75 Å². The van der Waals surface area contributed by atoms with Gasteiger partial charge in [0.05, 0.1) is 18.4 Å². The van der Waals surface area contributed by atoms with Gasteiger partial charge in [-0.3, -0.25) is 9.59 Å². The molecule has 34 heavy (non-hydrogen) atoms. The molecule has 0 spiro atoms. The molecule has 1 saturated heterocycles. The molecule has 0 atom stereocenters. The minimum atomic E-state index is -0.566. The molecule has 0 saturated carbocycles. The quantitative estimate of drug-likeness (QED) is 0.544. The molecule has 11 heteroatoms. The van der Waals surface area contributed by atoms with Crippen LogP contribution in [0.25, 0.3) is 11.2 Å². The van der Waals surface area contributed by atoms with E-state index in [1.165, 1.54) is 0 Å². The number of rotatable bonds is 8. The number of carbonyl (C=O) groups is 3. The first-order valence-electron chi connectivity index (χ1n) is 11.6. The summed E-state index contributed by atoms with van der Waals surface area (Å²) in [5.41, 5.74) is 1.62. The molecule has 1 aliphatic rings. The number of esters is 1. The molecule has 2 amide bonds. The Morgan fingerprint density at radius 2 is 1.85 bits per heavy atom. The van der Waals surface area contributed by atoms with Crippen molar-refractivity contribution in [2.24, 2.45) is 7.05 Å². The minimum absolute atomic E-state index is 0.115. The molecule has 186 valence electrons. The summed E-state index contributed by atoms with van der Waals surface area (Å²) in [4.78, 5) is 48.3. The highest BCUT2D eigenvalue weighted by molar-refractivity contribution is 6.03. The predicted octanol–water partition coefficient (Wildman–Crippen LogP) is 1.21. The molecule has 3 rings (SSSR count). The largest absolute Gasteiger partial charge is 0.486 e. The fourth-order valence-electron chi connectivity index (χ4n) is 4.06. The summed E-state index contributed by atoms with van der Waals surface area (Å²) < 4.78 is 12.8. The van der Waals surface area contributed by atoms with E-state index in [1.54, 1.807) is 23.4 Å². The molecular formula is C23H33N5O6. The summed E-state index contributed by atoms with van der Waals surface area (Å²) in [6, 6.07) is -0.137. The first kappa shape index (κ1) is 25.4. The van der Waals surface area contributed by atoms with Crippen LogP contribution in [0, 0.1) is 0 Å². The van der Waals surface area contributed by atoms with Crippen molar-refractivity contribution in [3.63, 3.8) is 0 Å². The molecule has 0 unspecified atom stereocenters. The van der Waals surface area contributed by atoms with E-state index in [-0.39, 0.29) is 47.7 Å². The number of aliphatic hydroxyl groups excluding tert-OH is 1. The van der Waals surface area contributed by atoms with Crippen LogP contribution in [0.4, 0.5) is 0 Å². The van der Waals surface area contributed by atoms with Gasteiger partial charge in [0, 0.05) is 26.2 Å². The van der Waals surface area contributed by atoms with Gasteiger partial charge < -0.3 is 29.4 Å². The van der Waals surface area contributed by atoms with E-state index in [0.29, 0.717) is 49.2 Å². The third-order valence-corrected chi connectivity index (χ3v) is 5.72. The minimum Gasteiger partial charge on any atom is -0.486 e. The zero-order valence-electron chi connectivity index (χ0n) is 20.4. The number of piperidine rings is 1. The van der Waals surface area contributed by atoms with Gasteiger partial charge in [-0.15, -0.1) is 0 Å². The van der Waals surface area contributed by atoms with Gasteiger partial charge >= 0.3 is 5.97 Å². The van der Waals surface area contributed by atoms with Crippen molar-refractivity contribution >= 4 is 28.9 Å². The molecule has 0 radical (unpaired) electrons. The second kappa shape index (κ2) is 10.8. The van der Waals surface area contributed by atoms with E-state index in [0.717, 1.165) is 0 Å². The highest BCUT2D eigenvalue weighted by atomic mass is 16.5. The molecule has 1 aliphatic heterocycles. The van der Waals surface area contributed by atoms with Crippen molar-refractivity contribution < 1.29 is 29.0 Å². The summed E-state index contributed by atoms with van der Waals surface area (Å²) in [7, 11) is 1.71. The van der Waals surface area contributed by atoms with E-state index in [4.69, 9.17) is 14.6 Å². The summed E-state index contributed by atoms with van der Waals surface area (Å²) in [5, 5.41) is 12.1. The molecule has 0 bridgehead atoms. The lowest BCUT2D eigenvalue weighted by Crippen LogP contribution is -2.47. The number of ether oxygens (including phenoxy) is 2. The van der Waals surface area contributed by atoms with Crippen LogP contribution in [0.2, 0.25) is 0 Å². The Bertz CT molecular complexity index is 1070. The number of aromatic nitrogens is 3. The van der Waals surface area contributed by atoms with Crippen LogP contribution in [0.15, 0.2) is 0 Å². The van der Waals surface area contributed by atoms with Crippen LogP contribution in [0.1, 0.15) is 67.2 Å². The third kappa shape index (κ3) is 5.14. The lowest BCUT2D eigenvalue weighted by Gasteiger charge is -2.32. The number of nitrogens with one attached hydrogen (secondary N) is 1. The van der Waals surface area contributed by atoms with Crippen LogP contribution in [0.5, 0.6) is 5.75 Å². The van der Waals surface area contributed by atoms with Crippen molar-refractivity contribution in [2.45, 2.75) is 59.1 Å². The number of fused-ring (bicyclic) bond motifs is 1. The Morgan fingerprint density at radius 3 is 2.41 bits per heavy atom. The maximum atomic E-state index is 13.4. The predicted molar refractivity (Wildman–Crippen MR) is 124 cm³/mol. The Balaban J connectivity index is 1.97. The maximum absolute atomic E-state index is 13.4. The van der Waals surface area contributed by atoms with E-state index in [1.807, 2.05) is 20.8 Å². The molecule has 1 fully saturated rings. The topological polar surface area (TPSA) is 136 Å². The molecule has 2 N–H and O–H groups in total. The average molecular weight is 476 g/mol. The fourth-order valence-corrected chi connectivity index (χ4v) is 4.06. The summed E-state index contributed by atoms with van der Waals surface area (Å²) >= 11 is 0. The van der Waals surface area contributed by atoms with Gasteiger partial charge in [-0.25, -0.2) is 14.8 Å². The van der Waals surface area contributed by atoms with Crippen LogP contribution in [-0.4, -0.2) is 80.8 Å². The molecule has 11 nitrogen and oxygen atoms in total. The van der Waals surface area contributed by atoms with Gasteiger partial charge in [-0.05, 0) is 40.0 Å². The first-order chi connectivity index (χ1) is 16.2. The third-order valence-electron chi connectivity index (χ3n) is 5.72. The SMILES string of the molecule is CCOC(=O)c1nc2c(OC(C)C)c(C(=O)NC3CCN(C(=O)CO)CC3)n(C)c2nc1CC. The van der Waals surface area contributed by atoms with Crippen molar-refractivity contribution in [1.29, 1.82) is 0 Å². The fraction of sp³-hybridized carbons (Fsp3) is 0.609. The summed E-state index contributed by atoms with van der Waals surface area (Å²) in [6.07, 6.45) is 1.37. The molecule has 2 aromatic rings. The Kier molecular flexibility index (Phi) is 8.08. The number of carbonyl (C=O) groups excluding carboxylic acids is 3. The Hall–Kier alpha value is -3.21. The first-order valence-corrected chi connectivity index (χ1v) is 11.6. The van der Waals surface area contributed by atoms with Gasteiger partial charge in [0.1, 0.15) is 6.61 Å². The van der Waals surface area contributed by atoms with Crippen LogP contribution < -0.4 is 10.1 Å². The van der Waals surface area contributed by atoms with Gasteiger partial charge in [-0.2, -0.15) is 0 Å². The molecule has 0 aromatic carbocycles. The zero-order chi connectivity index (χ0) is 25.0. The molecular weight excluding hydrogens is 442 g/mol. The van der Waals surface area contributed by atoms with Crippen molar-refractivity contribution in [2.75, 3.05) is 26.3 Å². The number of likely N-dealkylation sites (tertiary alicyclic amines) is 1. The molecule has 3 heterocycles. The lowest BCUT2D eigenvalue weighted by molar-refractivity contribution is -0.135. The Labute approximate surface area is 198 Å². The lowest BCUT2D eigenvalue weighted by atomic mass is 10.0. The smallest absolute Gasteiger partial charge is 0.358 e. The number of nitrogens with zero attached hydrogens (tertiary/aromatic N) is 4. The van der Waals surface area contributed by atoms with E-state index >= 15 is 0 Å². The molecule has 2 aromatic heterocycles. The maximum Gasteiger partial charge on any atom is 0.358 e. The highest BCUT2D eigenvalue weighted by Crippen LogP contribution is 2.32. The monoisotopic (exact) mass is 475 g/mol. The van der Waals surface area contributed by atoms with Crippen LogP contribution in [0.3, 0.4) is 0 Å². The second-order valence-corrected chi connectivity index (χ2v) is 8.46. The number of amides is 2. The van der Waals surface area contributed by atoms with Gasteiger partial charge in [0.2, 0.25) is 5.91 Å². The zero-order valence-corrected chi connectivity index (χ0v) is 20.4. The number of hydrogen-bond acceptors (Lipinski definition) is 8. The van der Waals surface area contributed by atoms with Crippen LogP contribution in [-0.2, 0) is 23.0 Å². The number of hydrogen-bond donors (Lipinski definition) is 2. The van der Waals surface area contributed by atoms with Crippen molar-refractivity contribution in [3.05, 3.63) is 17.1 Å². The summed E-state index contributed by atoms with van der Waals surface area (Å²) in [6.45, 7) is 7.88. The standard InChI is InChI=1S/C23H33N5O6/c1-6-15-17(23(32)33-7-2)26-18-20(34-13(3)4)19(27(5)21(18)25-15)22(31)24-14-8-10-28(11-9-14)16(30)12-29/h13-14,29H,6-12H2,1-5H3,(H,24,31). The van der Waals surface area contributed by atoms with Gasteiger partial charge in [-0.1, -0.05) is 6.92 Å². The van der Waals surface area contributed by atoms with Crippen LogP contribution >= 0.6 is 0 Å². The van der Waals surface area contributed by atoms with E-state index in [9.17, 15) is 14.4 Å². The second-order valence-electron chi connectivity index (χ2n) is 8.46. The summed E-state index contributed by atoms with van der Waals surface area (Å²) in [5.74, 6) is -0.963. The van der Waals surface area contributed by atoms with E-state index in [2.05, 4.69) is 15.3 Å². The Morgan fingerprint density at radius 1 is 1.18 bits per heavy atom. The highest BCUT2D eigenvalue weighted by Gasteiger charge is 2.30. The number of aliphatic hydroxyl groups is 1. The average Bonchev–Trinajstić information content (AvgIpc) is 3.08. The normalized spacial score (nSPS) is 14.5. The van der Waals surface area contributed by atoms with Gasteiger partial charge in [0.15, 0.2) is 28.3 Å². The van der Waals surface area contributed by atoms with Gasteiger partial charge in [0.25, 0.3) is 5.91 Å². The number of aryl methyl sites for hydroxylation is 2. The molecule has 0 aliphatic carbocycles. The van der Waals surface area contributed by atoms with E-state index < -0.39 is 12.6 Å². The van der Waals surface area contributed by atoms with Crippen molar-refractivity contribution in [1.82, 2.24) is 24.8 Å².